The topological polar surface area (TPSA) is 38.8 Å². The molecule has 6 rings (SSSR count). The van der Waals surface area contributed by atoms with E-state index >= 15 is 0 Å². The minimum Gasteiger partial charge on any atom is -0.461 e. The number of piperidine rings is 2. The number of carbonyl (C=O) groups excluding carboxylic acids is 1. The van der Waals surface area contributed by atoms with Gasteiger partial charge in [0, 0.05) is 12.8 Å². The highest BCUT2D eigenvalue weighted by Gasteiger charge is 2.97. The number of esters is 1. The minimum absolute atomic E-state index is 0.0255. The molecule has 1 saturated carbocycles. The molecule has 2 aromatic rings. The summed E-state index contributed by atoms with van der Waals surface area (Å²) < 4.78 is 13.3. The van der Waals surface area contributed by atoms with Crippen LogP contribution in [0.4, 0.5) is 0 Å². The third-order valence-corrected chi connectivity index (χ3v) is 8.42. The largest absolute Gasteiger partial charge is 0.461 e. The first-order valence-corrected chi connectivity index (χ1v) is 10.7. The van der Waals surface area contributed by atoms with Crippen molar-refractivity contribution in [2.75, 3.05) is 14.1 Å². The molecule has 2 bridgehead atoms. The average Bonchev–Trinajstić information content (AvgIpc) is 3.60. The van der Waals surface area contributed by atoms with E-state index in [0.29, 0.717) is 24.1 Å². The van der Waals surface area contributed by atoms with Gasteiger partial charge in [-0.1, -0.05) is 60.7 Å². The molecule has 29 heavy (non-hydrogen) atoms. The Hall–Kier alpha value is -2.17. The fraction of sp³-hybridized carbons (Fsp3) is 0.480. The van der Waals surface area contributed by atoms with Gasteiger partial charge in [-0.25, -0.2) is 0 Å². The lowest BCUT2D eigenvalue weighted by molar-refractivity contribution is -0.936. The van der Waals surface area contributed by atoms with Crippen LogP contribution in [-0.4, -0.2) is 54.4 Å². The third-order valence-electron chi connectivity index (χ3n) is 8.42. The number of hydrogen-bond acceptors (Lipinski definition) is 3. The van der Waals surface area contributed by atoms with Gasteiger partial charge in [0.05, 0.1) is 20.0 Å². The van der Waals surface area contributed by atoms with Crippen LogP contribution in [0.3, 0.4) is 0 Å². The van der Waals surface area contributed by atoms with Crippen molar-refractivity contribution < 1.29 is 18.8 Å². The predicted octanol–water partition coefficient (Wildman–Crippen LogP) is 3.29. The van der Waals surface area contributed by atoms with Gasteiger partial charge in [-0.15, -0.1) is 0 Å². The SMILES string of the molecule is CC(C(=O)O[C@H]1CC2C3C4OC43C(C1)[N+]2(C)C)(c1ccccc1)c1ccccc1. The average molecular weight is 391 g/mol. The Labute approximate surface area is 172 Å². The van der Waals surface area contributed by atoms with E-state index in [9.17, 15) is 4.79 Å². The van der Waals surface area contributed by atoms with Crippen LogP contribution in [0, 0.1) is 5.92 Å². The molecule has 4 aliphatic rings. The van der Waals surface area contributed by atoms with Crippen molar-refractivity contribution in [2.45, 2.75) is 55.1 Å². The van der Waals surface area contributed by atoms with Gasteiger partial charge in [0.2, 0.25) is 0 Å². The van der Waals surface area contributed by atoms with Crippen molar-refractivity contribution in [1.29, 1.82) is 0 Å². The van der Waals surface area contributed by atoms with E-state index in [2.05, 4.69) is 14.1 Å². The Kier molecular flexibility index (Phi) is 3.35. The van der Waals surface area contributed by atoms with Crippen LogP contribution in [0.25, 0.3) is 0 Å². The maximum atomic E-state index is 13.7. The van der Waals surface area contributed by atoms with Crippen molar-refractivity contribution in [3.05, 3.63) is 71.8 Å². The van der Waals surface area contributed by atoms with Crippen molar-refractivity contribution in [2.24, 2.45) is 5.92 Å². The van der Waals surface area contributed by atoms with Crippen LogP contribution in [0.15, 0.2) is 60.7 Å². The number of epoxide rings is 1. The zero-order chi connectivity index (χ0) is 20.0. The molecule has 0 N–H and O–H groups in total. The van der Waals surface area contributed by atoms with Crippen molar-refractivity contribution in [3.8, 4) is 0 Å². The molecular formula is C25H28NO3+. The maximum absolute atomic E-state index is 13.7. The van der Waals surface area contributed by atoms with E-state index in [4.69, 9.17) is 9.47 Å². The van der Waals surface area contributed by atoms with E-state index in [1.165, 1.54) is 0 Å². The Balaban J connectivity index is 1.29. The second-order valence-electron chi connectivity index (χ2n) is 9.99. The van der Waals surface area contributed by atoms with Gasteiger partial charge >= 0.3 is 5.97 Å². The molecule has 3 heterocycles. The highest BCUT2D eigenvalue weighted by Crippen LogP contribution is 2.77. The standard InChI is InChI=1S/C25H28NO3/c1-24(16-10-6-4-7-11-16,17-12-8-5-9-13-17)23(27)28-18-14-19-21-22-25(21,29-22)20(15-18)26(19,2)3/h4-13,18-22H,14-15H2,1-3H3/q+1/t18-,19?,20?,21?,22?,25?/m0/s1. The van der Waals surface area contributed by atoms with E-state index in [0.717, 1.165) is 28.5 Å². The highest BCUT2D eigenvalue weighted by molar-refractivity contribution is 5.87. The molecule has 3 saturated heterocycles. The Morgan fingerprint density at radius 2 is 1.62 bits per heavy atom. The number of fused-ring (bicyclic) bond motifs is 4. The monoisotopic (exact) mass is 390 g/mol. The summed E-state index contributed by atoms with van der Waals surface area (Å²) in [5.74, 6) is 0.534. The van der Waals surface area contributed by atoms with E-state index in [1.807, 2.05) is 67.6 Å². The number of rotatable bonds is 4. The van der Waals surface area contributed by atoms with Crippen molar-refractivity contribution in [1.82, 2.24) is 0 Å². The molecule has 1 aliphatic carbocycles. The summed E-state index contributed by atoms with van der Waals surface area (Å²) in [5, 5.41) is 0. The van der Waals surface area contributed by atoms with Crippen LogP contribution in [-0.2, 0) is 19.7 Å². The first kappa shape index (κ1) is 17.7. The number of ether oxygens (including phenoxy) is 2. The molecule has 3 aliphatic heterocycles. The zero-order valence-electron chi connectivity index (χ0n) is 17.2. The second-order valence-corrected chi connectivity index (χ2v) is 9.99. The molecule has 0 amide bonds. The number of hydrogen-bond donors (Lipinski definition) is 0. The normalized spacial score (nSPS) is 38.0. The van der Waals surface area contributed by atoms with Gasteiger partial charge in [-0.05, 0) is 18.1 Å². The molecule has 0 aromatic heterocycles. The summed E-state index contributed by atoms with van der Waals surface area (Å²) >= 11 is 0. The zero-order valence-corrected chi connectivity index (χ0v) is 17.2. The fourth-order valence-corrected chi connectivity index (χ4v) is 6.60. The van der Waals surface area contributed by atoms with Gasteiger partial charge in [-0.3, -0.25) is 4.79 Å². The summed E-state index contributed by atoms with van der Waals surface area (Å²) in [4.78, 5) is 13.7. The summed E-state index contributed by atoms with van der Waals surface area (Å²) in [6, 6.07) is 21.0. The molecule has 4 fully saturated rings. The quantitative estimate of drug-likeness (QED) is 0.457. The van der Waals surface area contributed by atoms with E-state index < -0.39 is 5.41 Å². The Morgan fingerprint density at radius 3 is 2.14 bits per heavy atom. The Morgan fingerprint density at radius 1 is 1.03 bits per heavy atom. The maximum Gasteiger partial charge on any atom is 0.321 e. The van der Waals surface area contributed by atoms with Crippen LogP contribution in [0.2, 0.25) is 0 Å². The molecule has 2 aromatic carbocycles. The number of carbonyl (C=O) groups is 1. The predicted molar refractivity (Wildman–Crippen MR) is 109 cm³/mol. The lowest BCUT2D eigenvalue weighted by Gasteiger charge is -2.45. The van der Waals surface area contributed by atoms with Gasteiger partial charge in [0.15, 0.2) is 5.60 Å². The van der Waals surface area contributed by atoms with Crippen molar-refractivity contribution >= 4 is 5.97 Å². The number of likely N-dealkylation sites (N-methyl/N-ethyl adjacent to an activating group) is 1. The number of nitrogens with zero attached hydrogens (tertiary/aromatic N) is 1. The molecule has 4 nitrogen and oxygen atoms in total. The van der Waals surface area contributed by atoms with Gasteiger partial charge in [0.1, 0.15) is 29.7 Å². The lowest BCUT2D eigenvalue weighted by atomic mass is 9.76. The van der Waals surface area contributed by atoms with Gasteiger partial charge in [0.25, 0.3) is 0 Å². The van der Waals surface area contributed by atoms with E-state index in [1.54, 1.807) is 0 Å². The smallest absolute Gasteiger partial charge is 0.321 e. The van der Waals surface area contributed by atoms with E-state index in [-0.39, 0.29) is 17.7 Å². The minimum atomic E-state index is -0.816. The van der Waals surface area contributed by atoms with Gasteiger partial charge in [-0.2, -0.15) is 0 Å². The summed E-state index contributed by atoms with van der Waals surface area (Å²) in [7, 11) is 4.65. The fourth-order valence-electron chi connectivity index (χ4n) is 6.60. The first-order valence-electron chi connectivity index (χ1n) is 10.7. The highest BCUT2D eigenvalue weighted by atomic mass is 16.7. The van der Waals surface area contributed by atoms with Crippen LogP contribution < -0.4 is 0 Å². The summed E-state index contributed by atoms with van der Waals surface area (Å²) in [6.45, 7) is 1.99. The number of benzene rings is 2. The first-order chi connectivity index (χ1) is 13.9. The van der Waals surface area contributed by atoms with Gasteiger partial charge < -0.3 is 14.0 Å². The molecule has 5 unspecified atom stereocenters. The van der Waals surface area contributed by atoms with Crippen LogP contribution >= 0.6 is 0 Å². The summed E-state index contributed by atoms with van der Waals surface area (Å²) in [6.07, 6.45) is 2.32. The van der Waals surface area contributed by atoms with Crippen molar-refractivity contribution in [3.63, 3.8) is 0 Å². The molecule has 4 heteroatoms. The Bertz CT molecular complexity index is 933. The van der Waals surface area contributed by atoms with Crippen LogP contribution in [0.1, 0.15) is 30.9 Å². The molecule has 150 valence electrons. The lowest BCUT2D eigenvalue weighted by Crippen LogP contribution is -2.60. The molecule has 0 radical (unpaired) electrons. The molecular weight excluding hydrogens is 362 g/mol. The third kappa shape index (κ3) is 2.14. The number of quaternary nitrogens is 1. The second kappa shape index (κ2) is 5.50. The molecule has 6 atom stereocenters. The summed E-state index contributed by atoms with van der Waals surface area (Å²) in [5.41, 5.74) is 1.25. The molecule has 1 spiro atoms. The van der Waals surface area contributed by atoms with Crippen LogP contribution in [0.5, 0.6) is 0 Å².